The lowest BCUT2D eigenvalue weighted by Gasteiger charge is -2.25. The van der Waals surface area contributed by atoms with Crippen LogP contribution in [0.15, 0.2) is 91.3 Å². The maximum atomic E-state index is 13.7. The predicted molar refractivity (Wildman–Crippen MR) is 128 cm³/mol. The molecule has 3 aromatic carbocycles. The third kappa shape index (κ3) is 4.79. The Kier molecular flexibility index (Phi) is 6.36. The molecule has 1 aromatic heterocycles. The number of aryl methyl sites for hydroxylation is 1. The number of benzene rings is 3. The van der Waals surface area contributed by atoms with Gasteiger partial charge >= 0.3 is 0 Å². The molecule has 4 aromatic rings. The average molecular weight is 447 g/mol. The Bertz CT molecular complexity index is 1200. The molecule has 0 bridgehead atoms. The summed E-state index contributed by atoms with van der Waals surface area (Å²) in [6, 6.07) is 25.1. The Balaban J connectivity index is 1.81. The topological polar surface area (TPSA) is 33.2 Å². The van der Waals surface area contributed by atoms with Crippen LogP contribution in [0.4, 0.5) is 5.69 Å². The van der Waals surface area contributed by atoms with Crippen molar-refractivity contribution in [2.45, 2.75) is 13.5 Å². The quantitative estimate of drug-likeness (QED) is 0.324. The zero-order chi connectivity index (χ0) is 21.8. The van der Waals surface area contributed by atoms with E-state index in [0.717, 1.165) is 22.3 Å². The van der Waals surface area contributed by atoms with E-state index in [4.69, 9.17) is 23.2 Å². The molecule has 31 heavy (non-hydrogen) atoms. The molecule has 0 aliphatic rings. The molecule has 4 rings (SSSR count). The second-order valence-corrected chi connectivity index (χ2v) is 8.11. The minimum atomic E-state index is -0.138. The van der Waals surface area contributed by atoms with Gasteiger partial charge in [0.15, 0.2) is 0 Å². The molecular weight excluding hydrogens is 427 g/mol. The van der Waals surface area contributed by atoms with Gasteiger partial charge < -0.3 is 4.90 Å². The van der Waals surface area contributed by atoms with E-state index in [9.17, 15) is 4.79 Å². The highest BCUT2D eigenvalue weighted by molar-refractivity contribution is 6.35. The van der Waals surface area contributed by atoms with E-state index in [-0.39, 0.29) is 5.91 Å². The molecule has 0 saturated heterocycles. The molecule has 0 unspecified atom stereocenters. The van der Waals surface area contributed by atoms with Crippen molar-refractivity contribution in [3.8, 4) is 11.1 Å². The first-order chi connectivity index (χ1) is 15.0. The lowest BCUT2D eigenvalue weighted by atomic mass is 9.99. The number of hydrogen-bond acceptors (Lipinski definition) is 2. The molecule has 1 heterocycles. The summed E-state index contributed by atoms with van der Waals surface area (Å²) in [7, 11) is 0. The molecule has 154 valence electrons. The average Bonchev–Trinajstić information content (AvgIpc) is 2.77. The predicted octanol–water partition coefficient (Wildman–Crippen LogP) is 7.21. The Morgan fingerprint density at radius 2 is 1.58 bits per heavy atom. The number of hydrogen-bond donors (Lipinski definition) is 0. The number of pyridine rings is 1. The first kappa shape index (κ1) is 21.1. The van der Waals surface area contributed by atoms with Crippen molar-refractivity contribution < 1.29 is 4.79 Å². The van der Waals surface area contributed by atoms with Crippen molar-refractivity contribution in [2.24, 2.45) is 0 Å². The minimum Gasteiger partial charge on any atom is -0.304 e. The zero-order valence-corrected chi connectivity index (χ0v) is 18.4. The Morgan fingerprint density at radius 1 is 0.903 bits per heavy atom. The van der Waals surface area contributed by atoms with Crippen LogP contribution in [0.25, 0.3) is 11.1 Å². The molecule has 5 heteroatoms. The van der Waals surface area contributed by atoms with Crippen LogP contribution in [0.5, 0.6) is 0 Å². The number of aromatic nitrogens is 1. The number of anilines is 1. The first-order valence-corrected chi connectivity index (χ1v) is 10.6. The van der Waals surface area contributed by atoms with E-state index in [1.54, 1.807) is 41.6 Å². The maximum Gasteiger partial charge on any atom is 0.258 e. The van der Waals surface area contributed by atoms with Gasteiger partial charge in [0.2, 0.25) is 0 Å². The van der Waals surface area contributed by atoms with Crippen molar-refractivity contribution in [2.75, 3.05) is 4.90 Å². The Morgan fingerprint density at radius 3 is 2.29 bits per heavy atom. The highest BCUT2D eigenvalue weighted by Gasteiger charge is 2.22. The van der Waals surface area contributed by atoms with Crippen LogP contribution in [0.1, 0.15) is 21.5 Å². The molecule has 3 nitrogen and oxygen atoms in total. The monoisotopic (exact) mass is 446 g/mol. The molecule has 0 aliphatic heterocycles. The van der Waals surface area contributed by atoms with E-state index < -0.39 is 0 Å². The Labute approximate surface area is 191 Å². The summed E-state index contributed by atoms with van der Waals surface area (Å²) in [6.45, 7) is 2.24. The minimum absolute atomic E-state index is 0.138. The summed E-state index contributed by atoms with van der Waals surface area (Å²) >= 11 is 12.5. The summed E-state index contributed by atoms with van der Waals surface area (Å²) in [6.07, 6.45) is 3.32. The van der Waals surface area contributed by atoms with Gasteiger partial charge in [0.25, 0.3) is 5.91 Å². The fourth-order valence-electron chi connectivity index (χ4n) is 3.56. The van der Waals surface area contributed by atoms with Gasteiger partial charge in [-0.25, -0.2) is 0 Å². The SMILES string of the molecule is Cc1cnccc1C(=O)N(Cc1ccccc1-c1ccccc1)c1cc(Cl)cc(Cl)c1. The normalized spacial score (nSPS) is 10.7. The summed E-state index contributed by atoms with van der Waals surface area (Å²) in [5.41, 5.74) is 5.21. The van der Waals surface area contributed by atoms with Crippen LogP contribution in [0.3, 0.4) is 0 Å². The van der Waals surface area contributed by atoms with Crippen molar-refractivity contribution in [3.05, 3.63) is 118 Å². The maximum absolute atomic E-state index is 13.7. The summed E-state index contributed by atoms with van der Waals surface area (Å²) in [5.74, 6) is -0.138. The van der Waals surface area contributed by atoms with Gasteiger partial charge in [0.1, 0.15) is 0 Å². The van der Waals surface area contributed by atoms with E-state index >= 15 is 0 Å². The number of rotatable bonds is 5. The van der Waals surface area contributed by atoms with Crippen LogP contribution in [0, 0.1) is 6.92 Å². The van der Waals surface area contributed by atoms with Crippen LogP contribution in [0.2, 0.25) is 10.0 Å². The number of amides is 1. The third-order valence-electron chi connectivity index (χ3n) is 5.09. The fraction of sp³-hybridized carbons (Fsp3) is 0.0769. The first-order valence-electron chi connectivity index (χ1n) is 9.85. The molecule has 0 radical (unpaired) electrons. The fourth-order valence-corrected chi connectivity index (χ4v) is 4.08. The molecule has 0 N–H and O–H groups in total. The van der Waals surface area contributed by atoms with Gasteiger partial charge in [-0.05, 0) is 53.4 Å². The van der Waals surface area contributed by atoms with Gasteiger partial charge in [-0.1, -0.05) is 77.8 Å². The lowest BCUT2D eigenvalue weighted by Crippen LogP contribution is -2.31. The second-order valence-electron chi connectivity index (χ2n) is 7.23. The van der Waals surface area contributed by atoms with Crippen LogP contribution in [-0.2, 0) is 6.54 Å². The molecule has 0 aliphatic carbocycles. The van der Waals surface area contributed by atoms with Crippen molar-refractivity contribution in [3.63, 3.8) is 0 Å². The van der Waals surface area contributed by atoms with Gasteiger partial charge in [0, 0.05) is 33.7 Å². The van der Waals surface area contributed by atoms with Gasteiger partial charge in [-0.3, -0.25) is 9.78 Å². The number of nitrogens with zero attached hydrogens (tertiary/aromatic N) is 2. The van der Waals surface area contributed by atoms with Gasteiger partial charge in [-0.2, -0.15) is 0 Å². The van der Waals surface area contributed by atoms with Crippen molar-refractivity contribution >= 4 is 34.8 Å². The largest absolute Gasteiger partial charge is 0.304 e. The molecular formula is C26H20Cl2N2O. The van der Waals surface area contributed by atoms with Crippen molar-refractivity contribution in [1.29, 1.82) is 0 Å². The van der Waals surface area contributed by atoms with Crippen LogP contribution >= 0.6 is 23.2 Å². The summed E-state index contributed by atoms with van der Waals surface area (Å²) in [5, 5.41) is 0.950. The molecule has 0 atom stereocenters. The van der Waals surface area contributed by atoms with E-state index in [0.29, 0.717) is 27.8 Å². The number of carbonyl (C=O) groups is 1. The summed E-state index contributed by atoms with van der Waals surface area (Å²) in [4.78, 5) is 19.5. The smallest absolute Gasteiger partial charge is 0.258 e. The van der Waals surface area contributed by atoms with Crippen LogP contribution < -0.4 is 4.90 Å². The highest BCUT2D eigenvalue weighted by Crippen LogP contribution is 2.31. The van der Waals surface area contributed by atoms with Gasteiger partial charge in [0.05, 0.1) is 6.54 Å². The molecule has 1 amide bonds. The van der Waals surface area contributed by atoms with E-state index in [2.05, 4.69) is 23.2 Å². The number of carbonyl (C=O) groups excluding carboxylic acids is 1. The third-order valence-corrected chi connectivity index (χ3v) is 5.52. The molecule has 0 saturated carbocycles. The van der Waals surface area contributed by atoms with E-state index in [1.165, 1.54) is 0 Å². The van der Waals surface area contributed by atoms with E-state index in [1.807, 2.05) is 43.3 Å². The van der Waals surface area contributed by atoms with Gasteiger partial charge in [-0.15, -0.1) is 0 Å². The van der Waals surface area contributed by atoms with Crippen molar-refractivity contribution in [1.82, 2.24) is 4.98 Å². The van der Waals surface area contributed by atoms with Crippen LogP contribution in [-0.4, -0.2) is 10.9 Å². The lowest BCUT2D eigenvalue weighted by molar-refractivity contribution is 0.0984. The molecule has 0 fully saturated rings. The standard InChI is InChI=1S/C26H20Cl2N2O/c1-18-16-29-12-11-24(18)26(31)30(23-14-21(27)13-22(28)15-23)17-20-9-5-6-10-25(20)19-7-3-2-4-8-19/h2-16H,17H2,1H3. The highest BCUT2D eigenvalue weighted by atomic mass is 35.5. The molecule has 0 spiro atoms. The second kappa shape index (κ2) is 9.34. The summed E-state index contributed by atoms with van der Waals surface area (Å²) < 4.78 is 0. The zero-order valence-electron chi connectivity index (χ0n) is 16.9. The Hall–Kier alpha value is -3.14. The number of halogens is 2.